The summed E-state index contributed by atoms with van der Waals surface area (Å²) in [6.45, 7) is 6.36. The highest BCUT2D eigenvalue weighted by atomic mass is 16.3. The molecule has 1 atom stereocenters. The molecule has 17 heavy (non-hydrogen) atoms. The van der Waals surface area contributed by atoms with Gasteiger partial charge in [0, 0.05) is 12.5 Å². The van der Waals surface area contributed by atoms with Gasteiger partial charge in [0.2, 0.25) is 0 Å². The summed E-state index contributed by atoms with van der Waals surface area (Å²) in [5.41, 5.74) is 9.10. The first-order chi connectivity index (χ1) is 8.10. The summed E-state index contributed by atoms with van der Waals surface area (Å²) in [5, 5.41) is 0. The van der Waals surface area contributed by atoms with Gasteiger partial charge in [-0.25, -0.2) is 4.98 Å². The fourth-order valence-corrected chi connectivity index (χ4v) is 1.77. The molecule has 2 aromatic rings. The SMILES string of the molecule is CCc1ccc2oc(CC(N)C(C)C)nc2c1. The molecule has 92 valence electrons. The lowest BCUT2D eigenvalue weighted by molar-refractivity contribution is 0.433. The summed E-state index contributed by atoms with van der Waals surface area (Å²) >= 11 is 0. The molecule has 0 fully saturated rings. The molecule has 0 aliphatic heterocycles. The van der Waals surface area contributed by atoms with Crippen molar-refractivity contribution in [1.82, 2.24) is 4.98 Å². The van der Waals surface area contributed by atoms with Gasteiger partial charge in [0.1, 0.15) is 5.52 Å². The van der Waals surface area contributed by atoms with E-state index in [4.69, 9.17) is 10.2 Å². The van der Waals surface area contributed by atoms with Crippen molar-refractivity contribution in [2.24, 2.45) is 11.7 Å². The quantitative estimate of drug-likeness (QED) is 0.881. The van der Waals surface area contributed by atoms with Crippen molar-refractivity contribution in [3.05, 3.63) is 29.7 Å². The van der Waals surface area contributed by atoms with Gasteiger partial charge in [-0.1, -0.05) is 26.8 Å². The number of fused-ring (bicyclic) bond motifs is 1. The van der Waals surface area contributed by atoms with Crippen LogP contribution in [0.2, 0.25) is 0 Å². The van der Waals surface area contributed by atoms with Crippen LogP contribution in [0.4, 0.5) is 0 Å². The fourth-order valence-electron chi connectivity index (χ4n) is 1.77. The monoisotopic (exact) mass is 232 g/mol. The maximum absolute atomic E-state index is 6.03. The number of nitrogens with two attached hydrogens (primary N) is 1. The Balaban J connectivity index is 2.25. The number of hydrogen-bond donors (Lipinski definition) is 1. The number of nitrogens with zero attached hydrogens (tertiary/aromatic N) is 1. The van der Waals surface area contributed by atoms with Gasteiger partial charge in [-0.2, -0.15) is 0 Å². The van der Waals surface area contributed by atoms with Crippen LogP contribution in [0.1, 0.15) is 32.2 Å². The summed E-state index contributed by atoms with van der Waals surface area (Å²) in [7, 11) is 0. The molecule has 0 saturated carbocycles. The van der Waals surface area contributed by atoms with Gasteiger partial charge < -0.3 is 10.2 Å². The van der Waals surface area contributed by atoms with Gasteiger partial charge >= 0.3 is 0 Å². The van der Waals surface area contributed by atoms with Crippen LogP contribution < -0.4 is 5.73 Å². The summed E-state index contributed by atoms with van der Waals surface area (Å²) in [4.78, 5) is 4.50. The van der Waals surface area contributed by atoms with Crippen molar-refractivity contribution < 1.29 is 4.42 Å². The van der Waals surface area contributed by atoms with Crippen LogP contribution in [0.3, 0.4) is 0 Å². The maximum atomic E-state index is 6.03. The van der Waals surface area contributed by atoms with E-state index in [1.54, 1.807) is 0 Å². The second-order valence-corrected chi connectivity index (χ2v) is 4.88. The molecule has 0 radical (unpaired) electrons. The first kappa shape index (κ1) is 12.1. The number of aryl methyl sites for hydroxylation is 1. The van der Waals surface area contributed by atoms with Gasteiger partial charge in [-0.15, -0.1) is 0 Å². The molecule has 1 heterocycles. The second kappa shape index (κ2) is 4.88. The Morgan fingerprint density at radius 1 is 1.35 bits per heavy atom. The summed E-state index contributed by atoms with van der Waals surface area (Å²) in [6.07, 6.45) is 1.72. The number of hydrogen-bond acceptors (Lipinski definition) is 3. The third kappa shape index (κ3) is 2.67. The molecule has 0 spiro atoms. The lowest BCUT2D eigenvalue weighted by atomic mass is 10.0. The van der Waals surface area contributed by atoms with Crippen molar-refractivity contribution in [3.8, 4) is 0 Å². The molecular weight excluding hydrogens is 212 g/mol. The molecule has 0 aliphatic carbocycles. The molecule has 1 aromatic carbocycles. The molecule has 0 amide bonds. The predicted molar refractivity (Wildman–Crippen MR) is 69.9 cm³/mol. The molecule has 0 saturated heterocycles. The average molecular weight is 232 g/mol. The van der Waals surface area contributed by atoms with E-state index in [1.807, 2.05) is 6.07 Å². The van der Waals surface area contributed by atoms with Crippen molar-refractivity contribution in [3.63, 3.8) is 0 Å². The summed E-state index contributed by atoms with van der Waals surface area (Å²) < 4.78 is 5.70. The van der Waals surface area contributed by atoms with E-state index >= 15 is 0 Å². The first-order valence-electron chi connectivity index (χ1n) is 6.24. The second-order valence-electron chi connectivity index (χ2n) is 4.88. The minimum Gasteiger partial charge on any atom is -0.441 e. The predicted octanol–water partition coefficient (Wildman–Crippen LogP) is 2.92. The minimum atomic E-state index is 0.105. The Labute approximate surface area is 102 Å². The van der Waals surface area contributed by atoms with Gasteiger partial charge in [-0.3, -0.25) is 0 Å². The Kier molecular flexibility index (Phi) is 3.48. The number of benzene rings is 1. The van der Waals surface area contributed by atoms with E-state index in [1.165, 1.54) is 5.56 Å². The fraction of sp³-hybridized carbons (Fsp3) is 0.500. The standard InChI is InChI=1S/C14H20N2O/c1-4-10-5-6-13-12(7-10)16-14(17-13)8-11(15)9(2)3/h5-7,9,11H,4,8,15H2,1-3H3. The highest BCUT2D eigenvalue weighted by Crippen LogP contribution is 2.19. The van der Waals surface area contributed by atoms with E-state index in [-0.39, 0.29) is 6.04 Å². The topological polar surface area (TPSA) is 52.0 Å². The zero-order valence-electron chi connectivity index (χ0n) is 10.7. The Morgan fingerprint density at radius 2 is 2.12 bits per heavy atom. The lowest BCUT2D eigenvalue weighted by Gasteiger charge is -2.12. The van der Waals surface area contributed by atoms with E-state index in [9.17, 15) is 0 Å². The van der Waals surface area contributed by atoms with Crippen LogP contribution in [0.15, 0.2) is 22.6 Å². The molecule has 3 heteroatoms. The zero-order chi connectivity index (χ0) is 12.4. The molecule has 2 N–H and O–H groups in total. The summed E-state index contributed by atoms with van der Waals surface area (Å²) in [6, 6.07) is 6.27. The third-order valence-corrected chi connectivity index (χ3v) is 3.17. The minimum absolute atomic E-state index is 0.105. The number of rotatable bonds is 4. The third-order valence-electron chi connectivity index (χ3n) is 3.17. The van der Waals surface area contributed by atoms with Gasteiger partial charge in [0.05, 0.1) is 0 Å². The largest absolute Gasteiger partial charge is 0.441 e. The Hall–Kier alpha value is -1.35. The molecule has 0 aliphatic rings. The van der Waals surface area contributed by atoms with Crippen LogP contribution in [0.25, 0.3) is 11.1 Å². The van der Waals surface area contributed by atoms with Crippen LogP contribution in [-0.2, 0) is 12.8 Å². The number of aromatic nitrogens is 1. The first-order valence-corrected chi connectivity index (χ1v) is 6.24. The van der Waals surface area contributed by atoms with Crippen molar-refractivity contribution >= 4 is 11.1 Å². The van der Waals surface area contributed by atoms with Crippen LogP contribution in [0, 0.1) is 5.92 Å². The summed E-state index contributed by atoms with van der Waals surface area (Å²) in [5.74, 6) is 1.19. The van der Waals surface area contributed by atoms with E-state index in [0.29, 0.717) is 12.3 Å². The molecule has 3 nitrogen and oxygen atoms in total. The zero-order valence-corrected chi connectivity index (χ0v) is 10.7. The Bertz CT molecular complexity index is 502. The molecular formula is C14H20N2O. The molecule has 2 rings (SSSR count). The van der Waals surface area contributed by atoms with E-state index in [2.05, 4.69) is 37.9 Å². The smallest absolute Gasteiger partial charge is 0.197 e. The van der Waals surface area contributed by atoms with Crippen LogP contribution >= 0.6 is 0 Å². The van der Waals surface area contributed by atoms with Crippen molar-refractivity contribution in [1.29, 1.82) is 0 Å². The van der Waals surface area contributed by atoms with Gasteiger partial charge in [-0.05, 0) is 30.0 Å². The Morgan fingerprint density at radius 3 is 2.76 bits per heavy atom. The highest BCUT2D eigenvalue weighted by Gasteiger charge is 2.13. The van der Waals surface area contributed by atoms with E-state index in [0.717, 1.165) is 23.4 Å². The van der Waals surface area contributed by atoms with Crippen molar-refractivity contribution in [2.45, 2.75) is 39.7 Å². The average Bonchev–Trinajstić information content (AvgIpc) is 2.69. The van der Waals surface area contributed by atoms with Crippen LogP contribution in [0.5, 0.6) is 0 Å². The lowest BCUT2D eigenvalue weighted by Crippen LogP contribution is -2.28. The highest BCUT2D eigenvalue weighted by molar-refractivity contribution is 5.73. The molecule has 1 unspecified atom stereocenters. The molecule has 1 aromatic heterocycles. The van der Waals surface area contributed by atoms with Crippen molar-refractivity contribution in [2.75, 3.05) is 0 Å². The molecule has 0 bridgehead atoms. The maximum Gasteiger partial charge on any atom is 0.197 e. The van der Waals surface area contributed by atoms with Crippen LogP contribution in [-0.4, -0.2) is 11.0 Å². The van der Waals surface area contributed by atoms with E-state index < -0.39 is 0 Å². The number of oxazole rings is 1. The normalized spacial score (nSPS) is 13.5. The van der Waals surface area contributed by atoms with Gasteiger partial charge in [0.15, 0.2) is 11.5 Å². The van der Waals surface area contributed by atoms with Gasteiger partial charge in [0.25, 0.3) is 0 Å².